The van der Waals surface area contributed by atoms with Crippen LogP contribution in [0.15, 0.2) is 15.8 Å². The molecule has 12 heteroatoms. The molecule has 0 aromatic carbocycles. The van der Waals surface area contributed by atoms with E-state index in [2.05, 4.69) is 0 Å². The van der Waals surface area contributed by atoms with Crippen LogP contribution in [0.25, 0.3) is 0 Å². The van der Waals surface area contributed by atoms with Crippen molar-refractivity contribution in [2.45, 2.75) is 43.6 Å². The highest BCUT2D eigenvalue weighted by Crippen LogP contribution is 2.67. The molecule has 142 valence electrons. The van der Waals surface area contributed by atoms with Crippen LogP contribution in [0.2, 0.25) is 0 Å². The minimum Gasteiger partial charge on any atom is -0.455 e. The minimum atomic E-state index is -2.24. The number of H-pyrrole nitrogens is 1. The van der Waals surface area contributed by atoms with Crippen LogP contribution >= 0.6 is 11.6 Å². The maximum Gasteiger partial charge on any atom is 0.330 e. The van der Waals surface area contributed by atoms with Gasteiger partial charge in [0.05, 0.1) is 12.1 Å². The molecule has 1 unspecified atom stereocenters. The van der Waals surface area contributed by atoms with E-state index in [1.165, 1.54) is 0 Å². The number of ether oxygens (including phenoxy) is 3. The number of aromatic nitrogens is 2. The first-order valence-corrected chi connectivity index (χ1v) is 7.89. The zero-order valence-corrected chi connectivity index (χ0v) is 14.2. The van der Waals surface area contributed by atoms with Gasteiger partial charge in [-0.15, -0.1) is 11.6 Å². The number of alkyl halides is 2. The Bertz CT molecular complexity index is 902. The summed E-state index contributed by atoms with van der Waals surface area (Å²) in [7, 11) is 0. The van der Waals surface area contributed by atoms with Gasteiger partial charge < -0.3 is 14.2 Å². The number of esters is 2. The molecule has 1 N–H and O–H groups in total. The topological polar surface area (TPSA) is 117 Å². The van der Waals surface area contributed by atoms with E-state index in [4.69, 9.17) is 25.8 Å². The maximum absolute atomic E-state index is 15.2. The Morgan fingerprint density at radius 3 is 2.58 bits per heavy atom. The quantitative estimate of drug-likeness (QED) is 0.553. The molecule has 9 nitrogen and oxygen atoms in total. The molecule has 0 radical (unpaired) electrons. The molecule has 1 aromatic rings. The molecule has 26 heavy (non-hydrogen) atoms. The van der Waals surface area contributed by atoms with Gasteiger partial charge in [0.15, 0.2) is 24.1 Å². The van der Waals surface area contributed by atoms with E-state index < -0.39 is 64.6 Å². The standard InChI is InChI=1S/C14H13ClF2N2O7/c1-5(20)24-11-13(4-15)14(11,25-6(2)21)8(17)10(26-13)19-3-7(16)9(22)18-12(19)23/h3,8,10-11H,4H2,1-2H3,(H,18,22,23)/t8-,10+,11?,13+,14+/m0/s1. The third-order valence-corrected chi connectivity index (χ3v) is 4.77. The Hall–Kier alpha value is -2.27. The zero-order valence-electron chi connectivity index (χ0n) is 13.5. The Morgan fingerprint density at radius 1 is 1.38 bits per heavy atom. The fraction of sp³-hybridized carbons (Fsp3) is 0.571. The van der Waals surface area contributed by atoms with Gasteiger partial charge in [-0.3, -0.25) is 23.9 Å². The lowest BCUT2D eigenvalue weighted by Gasteiger charge is -2.24. The summed E-state index contributed by atoms with van der Waals surface area (Å²) in [5.41, 5.74) is -6.29. The number of rotatable bonds is 4. The molecular weight excluding hydrogens is 382 g/mol. The van der Waals surface area contributed by atoms with Gasteiger partial charge in [-0.1, -0.05) is 0 Å². The fourth-order valence-corrected chi connectivity index (χ4v) is 3.74. The molecule has 2 aliphatic rings. The Balaban J connectivity index is 2.07. The first-order chi connectivity index (χ1) is 12.1. The Labute approximate surface area is 148 Å². The van der Waals surface area contributed by atoms with Crippen molar-refractivity contribution in [3.63, 3.8) is 0 Å². The SMILES string of the molecule is CC(=O)OC1[C@@]2(CCl)O[C@@H](n3cc(F)c(=O)[nH]c3=O)[C@H](F)[C@@]12OC(C)=O. The van der Waals surface area contributed by atoms with Gasteiger partial charge in [-0.2, -0.15) is 4.39 Å². The summed E-state index contributed by atoms with van der Waals surface area (Å²) in [6, 6.07) is 0. The van der Waals surface area contributed by atoms with Gasteiger partial charge in [0.2, 0.25) is 11.4 Å². The van der Waals surface area contributed by atoms with Crippen molar-refractivity contribution in [3.05, 3.63) is 32.9 Å². The molecule has 2 fully saturated rings. The van der Waals surface area contributed by atoms with Crippen LogP contribution in [0.1, 0.15) is 20.1 Å². The lowest BCUT2D eigenvalue weighted by Crippen LogP contribution is -2.42. The monoisotopic (exact) mass is 394 g/mol. The number of hydrogen-bond donors (Lipinski definition) is 1. The molecule has 5 atom stereocenters. The molecule has 1 saturated carbocycles. The fourth-order valence-electron chi connectivity index (χ4n) is 3.32. The average Bonchev–Trinajstić information content (AvgIpc) is 2.96. The average molecular weight is 395 g/mol. The highest BCUT2D eigenvalue weighted by molar-refractivity contribution is 6.19. The molecule has 3 rings (SSSR count). The highest BCUT2D eigenvalue weighted by atomic mass is 35.5. The van der Waals surface area contributed by atoms with E-state index in [1.54, 1.807) is 4.98 Å². The second kappa shape index (κ2) is 5.88. The van der Waals surface area contributed by atoms with Gasteiger partial charge in [0.25, 0.3) is 5.56 Å². The van der Waals surface area contributed by atoms with E-state index in [0.29, 0.717) is 10.8 Å². The number of aromatic amines is 1. The van der Waals surface area contributed by atoms with Crippen molar-refractivity contribution in [1.82, 2.24) is 9.55 Å². The van der Waals surface area contributed by atoms with E-state index in [1.807, 2.05) is 0 Å². The summed E-state index contributed by atoms with van der Waals surface area (Å²) in [6.45, 7) is 2.06. The van der Waals surface area contributed by atoms with Gasteiger partial charge in [0, 0.05) is 13.8 Å². The minimum absolute atomic E-state index is 0.449. The number of carbonyl (C=O) groups is 2. The number of fused-ring (bicyclic) bond motifs is 1. The molecule has 0 spiro atoms. The van der Waals surface area contributed by atoms with Crippen molar-refractivity contribution in [3.8, 4) is 0 Å². The maximum atomic E-state index is 15.2. The summed E-state index contributed by atoms with van der Waals surface area (Å²) >= 11 is 5.86. The summed E-state index contributed by atoms with van der Waals surface area (Å²) in [6.07, 6.45) is -4.88. The van der Waals surface area contributed by atoms with Crippen LogP contribution in [0, 0.1) is 5.82 Å². The lowest BCUT2D eigenvalue weighted by molar-refractivity contribution is -0.165. The van der Waals surface area contributed by atoms with Gasteiger partial charge in [0.1, 0.15) is 0 Å². The molecule has 1 aliphatic carbocycles. The Morgan fingerprint density at radius 2 is 2.04 bits per heavy atom. The molecule has 0 amide bonds. The van der Waals surface area contributed by atoms with Crippen molar-refractivity contribution in [2.75, 3.05) is 5.88 Å². The van der Waals surface area contributed by atoms with Crippen LogP contribution < -0.4 is 11.2 Å². The second-order valence-electron chi connectivity index (χ2n) is 5.95. The molecule has 1 saturated heterocycles. The van der Waals surface area contributed by atoms with Crippen molar-refractivity contribution in [1.29, 1.82) is 0 Å². The number of carbonyl (C=O) groups excluding carboxylic acids is 2. The summed E-state index contributed by atoms with van der Waals surface area (Å²) < 4.78 is 44.7. The van der Waals surface area contributed by atoms with Crippen molar-refractivity contribution in [2.24, 2.45) is 0 Å². The summed E-state index contributed by atoms with van der Waals surface area (Å²) in [4.78, 5) is 47.4. The Kier molecular flexibility index (Phi) is 4.19. The van der Waals surface area contributed by atoms with E-state index in [-0.39, 0.29) is 0 Å². The molecule has 1 aliphatic heterocycles. The number of hydrogen-bond acceptors (Lipinski definition) is 7. The molecule has 2 heterocycles. The van der Waals surface area contributed by atoms with Crippen LogP contribution in [0.3, 0.4) is 0 Å². The lowest BCUT2D eigenvalue weighted by atomic mass is 10.1. The second-order valence-corrected chi connectivity index (χ2v) is 6.22. The van der Waals surface area contributed by atoms with Gasteiger partial charge in [-0.25, -0.2) is 9.18 Å². The van der Waals surface area contributed by atoms with Crippen LogP contribution in [-0.2, 0) is 23.8 Å². The van der Waals surface area contributed by atoms with E-state index in [0.717, 1.165) is 13.8 Å². The van der Waals surface area contributed by atoms with Gasteiger partial charge in [-0.05, 0) is 0 Å². The number of nitrogens with one attached hydrogen (secondary N) is 1. The molecule has 1 aromatic heterocycles. The van der Waals surface area contributed by atoms with Crippen molar-refractivity contribution < 1.29 is 32.6 Å². The van der Waals surface area contributed by atoms with E-state index in [9.17, 15) is 23.6 Å². The number of nitrogens with zero attached hydrogens (tertiary/aromatic N) is 1. The normalized spacial score (nSPS) is 34.9. The van der Waals surface area contributed by atoms with Crippen LogP contribution in [-0.4, -0.2) is 50.8 Å². The van der Waals surface area contributed by atoms with Crippen LogP contribution in [0.5, 0.6) is 0 Å². The van der Waals surface area contributed by atoms with Crippen LogP contribution in [0.4, 0.5) is 8.78 Å². The predicted octanol–water partition coefficient (Wildman–Crippen LogP) is -0.233. The highest BCUT2D eigenvalue weighted by Gasteiger charge is 2.93. The predicted molar refractivity (Wildman–Crippen MR) is 79.8 cm³/mol. The van der Waals surface area contributed by atoms with Gasteiger partial charge >= 0.3 is 17.6 Å². The smallest absolute Gasteiger partial charge is 0.330 e. The third kappa shape index (κ3) is 2.30. The van der Waals surface area contributed by atoms with Crippen molar-refractivity contribution >= 4 is 23.5 Å². The molecule has 0 bridgehead atoms. The first kappa shape index (κ1) is 18.5. The summed E-state index contributed by atoms with van der Waals surface area (Å²) in [5, 5.41) is 0. The zero-order chi connectivity index (χ0) is 19.4. The molecular formula is C14H13ClF2N2O7. The third-order valence-electron chi connectivity index (χ3n) is 4.38. The number of halogens is 3. The largest absolute Gasteiger partial charge is 0.455 e. The van der Waals surface area contributed by atoms with E-state index >= 15 is 4.39 Å². The first-order valence-electron chi connectivity index (χ1n) is 7.36. The summed E-state index contributed by atoms with van der Waals surface area (Å²) in [5.74, 6) is -3.49.